The van der Waals surface area contributed by atoms with Crippen molar-refractivity contribution in [2.75, 3.05) is 0 Å². The average molecular weight is 434 g/mol. The first-order chi connectivity index (χ1) is 13.6. The average Bonchev–Trinajstić information content (AvgIpc) is 2.70. The third kappa shape index (κ3) is 4.05. The first-order valence-corrected chi connectivity index (χ1v) is 10.6. The molecule has 0 aromatic heterocycles. The predicted molar refractivity (Wildman–Crippen MR) is 119 cm³/mol. The maximum atomic E-state index is 11.1. The van der Waals surface area contributed by atoms with E-state index in [0.29, 0.717) is 12.3 Å². The zero-order chi connectivity index (χ0) is 19.5. The number of aromatic hydroxyl groups is 1. The number of phenols is 1. The molecule has 142 valence electrons. The summed E-state index contributed by atoms with van der Waals surface area (Å²) in [4.78, 5) is 4.80. The fraction of sp³-hybridized carbons (Fsp3) is 0.240. The van der Waals surface area contributed by atoms with Crippen LogP contribution in [-0.2, 0) is 32.2 Å². The lowest BCUT2D eigenvalue weighted by atomic mass is 9.90. The summed E-state index contributed by atoms with van der Waals surface area (Å²) in [5.41, 5.74) is 7.75. The summed E-state index contributed by atoms with van der Waals surface area (Å²) in [6.07, 6.45) is 3.53. The molecule has 28 heavy (non-hydrogen) atoms. The molecule has 2 nitrogen and oxygen atoms in total. The fourth-order valence-corrected chi connectivity index (χ4v) is 4.48. The molecule has 3 heteroatoms. The molecule has 0 amide bonds. The Hall–Kier alpha value is -2.39. The second kappa shape index (κ2) is 8.32. The SMILES string of the molecule is CC(=NCc1ccccc1)c1c2ccc(c1O)CCc1ccc(cc1Br)CC2. The first kappa shape index (κ1) is 18.9. The van der Waals surface area contributed by atoms with Gasteiger partial charge in [-0.3, -0.25) is 4.99 Å². The summed E-state index contributed by atoms with van der Waals surface area (Å²) in [6.45, 7) is 2.64. The number of benzene rings is 3. The molecule has 3 aromatic carbocycles. The van der Waals surface area contributed by atoms with E-state index in [1.807, 2.05) is 25.1 Å². The highest BCUT2D eigenvalue weighted by Crippen LogP contribution is 2.31. The lowest BCUT2D eigenvalue weighted by Crippen LogP contribution is -2.07. The quantitative estimate of drug-likeness (QED) is 0.501. The Morgan fingerprint density at radius 2 is 1.57 bits per heavy atom. The van der Waals surface area contributed by atoms with Crippen molar-refractivity contribution in [2.45, 2.75) is 39.2 Å². The van der Waals surface area contributed by atoms with Gasteiger partial charge in [0.05, 0.1) is 6.54 Å². The van der Waals surface area contributed by atoms with Gasteiger partial charge in [0.2, 0.25) is 0 Å². The Labute approximate surface area is 175 Å². The lowest BCUT2D eigenvalue weighted by molar-refractivity contribution is 0.465. The molecule has 4 bridgehead atoms. The van der Waals surface area contributed by atoms with Crippen molar-refractivity contribution in [3.8, 4) is 5.75 Å². The van der Waals surface area contributed by atoms with Crippen LogP contribution in [0.1, 0.15) is 40.3 Å². The van der Waals surface area contributed by atoms with Gasteiger partial charge in [-0.2, -0.15) is 0 Å². The van der Waals surface area contributed by atoms with Crippen molar-refractivity contribution < 1.29 is 5.11 Å². The molecule has 7 rings (SSSR count). The minimum atomic E-state index is 0.401. The molecule has 0 unspecified atom stereocenters. The van der Waals surface area contributed by atoms with Crippen molar-refractivity contribution in [3.05, 3.63) is 98.5 Å². The van der Waals surface area contributed by atoms with Crippen LogP contribution in [-0.4, -0.2) is 10.8 Å². The molecule has 4 aliphatic carbocycles. The molecule has 0 fully saturated rings. The highest BCUT2D eigenvalue weighted by molar-refractivity contribution is 9.10. The fourth-order valence-electron chi connectivity index (χ4n) is 3.86. The van der Waals surface area contributed by atoms with Gasteiger partial charge < -0.3 is 5.11 Å². The van der Waals surface area contributed by atoms with Crippen LogP contribution >= 0.6 is 15.9 Å². The van der Waals surface area contributed by atoms with E-state index >= 15 is 0 Å². The van der Waals surface area contributed by atoms with Gasteiger partial charge in [0.1, 0.15) is 5.75 Å². The highest BCUT2D eigenvalue weighted by atomic mass is 79.9. The van der Waals surface area contributed by atoms with E-state index in [9.17, 15) is 5.11 Å². The number of rotatable bonds is 3. The Kier molecular flexibility index (Phi) is 5.63. The van der Waals surface area contributed by atoms with E-state index in [1.54, 1.807) is 0 Å². The number of halogens is 1. The predicted octanol–water partition coefficient (Wildman–Crippen LogP) is 6.05. The van der Waals surface area contributed by atoms with Gasteiger partial charge in [-0.05, 0) is 66.5 Å². The number of phenolic OH excluding ortho intramolecular Hbond substituents is 1. The minimum absolute atomic E-state index is 0.401. The highest BCUT2D eigenvalue weighted by Gasteiger charge is 2.17. The van der Waals surface area contributed by atoms with Crippen LogP contribution in [0.15, 0.2) is 70.1 Å². The van der Waals surface area contributed by atoms with Gasteiger partial charge in [-0.15, -0.1) is 0 Å². The molecule has 3 aromatic rings. The normalized spacial score (nSPS) is 14.0. The zero-order valence-corrected chi connectivity index (χ0v) is 17.7. The van der Waals surface area contributed by atoms with Gasteiger partial charge in [-0.25, -0.2) is 0 Å². The molecule has 4 aliphatic rings. The number of aryl methyl sites for hydroxylation is 4. The van der Waals surface area contributed by atoms with E-state index in [4.69, 9.17) is 4.99 Å². The summed E-state index contributed by atoms with van der Waals surface area (Å²) in [7, 11) is 0. The van der Waals surface area contributed by atoms with E-state index in [0.717, 1.165) is 48.1 Å². The van der Waals surface area contributed by atoms with Crippen molar-refractivity contribution in [3.63, 3.8) is 0 Å². The van der Waals surface area contributed by atoms with Crippen molar-refractivity contribution in [1.29, 1.82) is 0 Å². The Morgan fingerprint density at radius 3 is 2.36 bits per heavy atom. The van der Waals surface area contributed by atoms with Gasteiger partial charge >= 0.3 is 0 Å². The van der Waals surface area contributed by atoms with Gasteiger partial charge in [0.15, 0.2) is 0 Å². The van der Waals surface area contributed by atoms with Crippen LogP contribution in [0.25, 0.3) is 0 Å². The molecule has 0 radical (unpaired) electrons. The maximum absolute atomic E-state index is 11.1. The van der Waals surface area contributed by atoms with E-state index in [-0.39, 0.29) is 0 Å². The number of nitrogens with zero attached hydrogens (tertiary/aromatic N) is 1. The van der Waals surface area contributed by atoms with Crippen LogP contribution < -0.4 is 0 Å². The van der Waals surface area contributed by atoms with Crippen LogP contribution in [0.3, 0.4) is 0 Å². The van der Waals surface area contributed by atoms with Crippen LogP contribution in [0.5, 0.6) is 5.75 Å². The number of hydrogen-bond donors (Lipinski definition) is 1. The summed E-state index contributed by atoms with van der Waals surface area (Å²) in [5.74, 6) is 0.401. The van der Waals surface area contributed by atoms with Crippen molar-refractivity contribution >= 4 is 21.6 Å². The molecule has 0 spiro atoms. The monoisotopic (exact) mass is 433 g/mol. The number of hydrogen-bond acceptors (Lipinski definition) is 2. The van der Waals surface area contributed by atoms with Crippen molar-refractivity contribution in [1.82, 2.24) is 0 Å². The molecular weight excluding hydrogens is 410 g/mol. The van der Waals surface area contributed by atoms with Gasteiger partial charge in [0.25, 0.3) is 0 Å². The molecule has 0 aliphatic heterocycles. The second-order valence-electron chi connectivity index (χ2n) is 7.42. The largest absolute Gasteiger partial charge is 0.507 e. The topological polar surface area (TPSA) is 32.6 Å². The van der Waals surface area contributed by atoms with Gasteiger partial charge in [-0.1, -0.05) is 70.5 Å². The molecule has 0 saturated heterocycles. The van der Waals surface area contributed by atoms with Crippen LogP contribution in [0, 0.1) is 0 Å². The third-order valence-corrected chi connectivity index (χ3v) is 6.25. The van der Waals surface area contributed by atoms with Crippen molar-refractivity contribution in [2.24, 2.45) is 4.99 Å². The molecular formula is C25H24BrNO. The molecule has 0 saturated carbocycles. The molecule has 0 atom stereocenters. The molecule has 1 N–H and O–H groups in total. The summed E-state index contributed by atoms with van der Waals surface area (Å²) in [5, 5.41) is 11.1. The Bertz CT molecular complexity index is 1020. The van der Waals surface area contributed by atoms with E-state index in [1.165, 1.54) is 21.2 Å². The summed E-state index contributed by atoms with van der Waals surface area (Å²) >= 11 is 3.71. The summed E-state index contributed by atoms with van der Waals surface area (Å²) in [6, 6.07) is 21.2. The number of aliphatic imine (C=N–C) groups is 1. The van der Waals surface area contributed by atoms with E-state index in [2.05, 4.69) is 58.4 Å². The smallest absolute Gasteiger partial charge is 0.128 e. The maximum Gasteiger partial charge on any atom is 0.128 e. The third-order valence-electron chi connectivity index (χ3n) is 5.52. The zero-order valence-electron chi connectivity index (χ0n) is 16.1. The lowest BCUT2D eigenvalue weighted by Gasteiger charge is -2.17. The minimum Gasteiger partial charge on any atom is -0.507 e. The second-order valence-corrected chi connectivity index (χ2v) is 8.27. The first-order valence-electron chi connectivity index (χ1n) is 9.78. The van der Waals surface area contributed by atoms with E-state index < -0.39 is 0 Å². The molecule has 0 heterocycles. The standard InChI is InChI=1S/C25H24BrNO/c1-17(27-16-19-5-3-2-4-6-19)24-21-10-8-18-7-9-20(23(26)15-18)11-13-22(14-12-21)25(24)28/h2-7,9,12,14-15,28H,8,10-11,13,16H2,1H3. The Balaban J connectivity index is 1.70. The Morgan fingerprint density at radius 1 is 0.893 bits per heavy atom. The van der Waals surface area contributed by atoms with Crippen LogP contribution in [0.2, 0.25) is 0 Å². The summed E-state index contributed by atoms with van der Waals surface area (Å²) < 4.78 is 1.17. The van der Waals surface area contributed by atoms with Crippen LogP contribution in [0.4, 0.5) is 0 Å². The van der Waals surface area contributed by atoms with Gasteiger partial charge in [0, 0.05) is 15.7 Å².